The Morgan fingerprint density at radius 1 is 0.705 bits per heavy atom. The molecule has 4 amide bonds. The number of amides is 4. The molecule has 0 radical (unpaired) electrons. The van der Waals surface area contributed by atoms with Crippen molar-refractivity contribution in [3.05, 3.63) is 65.7 Å². The number of carbonyl (C=O) groups excluding carboxylic acids is 4. The van der Waals surface area contributed by atoms with Crippen molar-refractivity contribution in [2.24, 2.45) is 0 Å². The summed E-state index contributed by atoms with van der Waals surface area (Å²) in [7, 11) is 0. The Bertz CT molecular complexity index is 1280. The van der Waals surface area contributed by atoms with Gasteiger partial charge in [0.25, 0.3) is 0 Å². The molecule has 5 N–H and O–H groups in total. The van der Waals surface area contributed by atoms with E-state index in [1.807, 2.05) is 26.8 Å². The van der Waals surface area contributed by atoms with Crippen LogP contribution in [0.2, 0.25) is 0 Å². The molecule has 0 aromatic heterocycles. The van der Waals surface area contributed by atoms with Crippen LogP contribution in [0.15, 0.2) is 54.6 Å². The number of carboxylic acid groups (broad SMARTS) is 1. The molecule has 0 spiro atoms. The molecule has 0 bridgehead atoms. The predicted molar refractivity (Wildman–Crippen MR) is 164 cm³/mol. The number of alkyl carbamates (subject to hydrolysis) is 1. The number of hydrogen-bond donors (Lipinski definition) is 5. The maximum atomic E-state index is 13.6. The van der Waals surface area contributed by atoms with Crippen LogP contribution in [0.25, 0.3) is 0 Å². The summed E-state index contributed by atoms with van der Waals surface area (Å²) in [4.78, 5) is 62.9. The van der Waals surface area contributed by atoms with E-state index in [4.69, 9.17) is 14.6 Å². The van der Waals surface area contributed by atoms with E-state index in [0.717, 1.165) is 5.56 Å². The van der Waals surface area contributed by atoms with E-state index >= 15 is 0 Å². The monoisotopic (exact) mass is 612 g/mol. The third-order valence-electron chi connectivity index (χ3n) is 5.88. The van der Waals surface area contributed by atoms with Crippen LogP contribution in [-0.4, -0.2) is 70.8 Å². The van der Waals surface area contributed by atoms with Gasteiger partial charge in [0, 0.05) is 12.8 Å². The summed E-state index contributed by atoms with van der Waals surface area (Å²) < 4.78 is 11.2. The number of carboxylic acids is 1. The highest BCUT2D eigenvalue weighted by atomic mass is 16.6. The van der Waals surface area contributed by atoms with Crippen LogP contribution < -0.4 is 26.0 Å². The molecular weight excluding hydrogens is 568 g/mol. The molecule has 0 saturated carbocycles. The highest BCUT2D eigenvalue weighted by Crippen LogP contribution is 2.19. The number of hydrogen-bond acceptors (Lipinski definition) is 7. The van der Waals surface area contributed by atoms with Gasteiger partial charge in [0.2, 0.25) is 17.7 Å². The molecule has 0 aliphatic rings. The number of rotatable bonds is 13. The Morgan fingerprint density at radius 3 is 1.75 bits per heavy atom. The van der Waals surface area contributed by atoms with Crippen LogP contribution in [-0.2, 0) is 36.8 Å². The fraction of sp³-hybridized carbons (Fsp3) is 0.469. The van der Waals surface area contributed by atoms with Crippen molar-refractivity contribution in [2.45, 2.75) is 90.6 Å². The minimum Gasteiger partial charge on any atom is -0.488 e. The molecular formula is C32H44N4O8. The van der Waals surface area contributed by atoms with Crippen LogP contribution in [0.4, 0.5) is 4.79 Å². The summed E-state index contributed by atoms with van der Waals surface area (Å²) in [6.07, 6.45) is -0.637. The molecule has 2 rings (SSSR count). The van der Waals surface area contributed by atoms with Crippen molar-refractivity contribution in [2.75, 3.05) is 6.54 Å². The molecule has 0 heterocycles. The first-order valence-corrected chi connectivity index (χ1v) is 14.3. The molecule has 240 valence electrons. The quantitative estimate of drug-likeness (QED) is 0.230. The maximum absolute atomic E-state index is 13.6. The van der Waals surface area contributed by atoms with Crippen molar-refractivity contribution in [3.63, 3.8) is 0 Å². The van der Waals surface area contributed by atoms with Gasteiger partial charge in [0.15, 0.2) is 0 Å². The molecule has 2 aromatic carbocycles. The van der Waals surface area contributed by atoms with E-state index in [1.54, 1.807) is 69.3 Å². The van der Waals surface area contributed by atoms with E-state index in [0.29, 0.717) is 11.3 Å². The van der Waals surface area contributed by atoms with Gasteiger partial charge < -0.3 is 35.8 Å². The van der Waals surface area contributed by atoms with E-state index < -0.39 is 65.7 Å². The topological polar surface area (TPSA) is 172 Å². The third-order valence-corrected chi connectivity index (χ3v) is 5.88. The third kappa shape index (κ3) is 13.6. The second-order valence-corrected chi connectivity index (χ2v) is 12.4. The molecule has 12 nitrogen and oxygen atoms in total. The van der Waals surface area contributed by atoms with Crippen molar-refractivity contribution in [1.82, 2.24) is 21.3 Å². The van der Waals surface area contributed by atoms with Crippen molar-refractivity contribution in [3.8, 4) is 5.75 Å². The summed E-state index contributed by atoms with van der Waals surface area (Å²) in [5, 5.41) is 18.9. The van der Waals surface area contributed by atoms with Gasteiger partial charge in [0.1, 0.15) is 41.6 Å². The number of nitrogens with one attached hydrogen (secondary N) is 4. The Morgan fingerprint density at radius 2 is 1.23 bits per heavy atom. The zero-order chi connectivity index (χ0) is 33.1. The van der Waals surface area contributed by atoms with Crippen molar-refractivity contribution >= 4 is 29.8 Å². The van der Waals surface area contributed by atoms with Gasteiger partial charge in [-0.3, -0.25) is 19.2 Å². The van der Waals surface area contributed by atoms with Crippen molar-refractivity contribution < 1.29 is 38.6 Å². The minimum atomic E-state index is -1.23. The SMILES string of the molecule is C[C@H](NC(=O)[C@H](Cc1ccc(OC(C)(C)C)cc1)NC(=O)[C@H](Cc1ccccc1)NC(=O)OC(C)(C)C)C(=O)NCC(=O)O. The van der Waals surface area contributed by atoms with E-state index in [1.165, 1.54) is 6.92 Å². The van der Waals surface area contributed by atoms with Crippen molar-refractivity contribution in [1.29, 1.82) is 0 Å². The standard InChI is InChI=1S/C32H44N4O8/c1-20(27(39)33-19-26(37)38)34-28(40)24(18-22-13-15-23(16-14-22)43-31(2,3)4)35-29(41)25(17-21-11-9-8-10-12-21)36-30(42)44-32(5,6)7/h8-16,20,24-25H,17-19H2,1-7H3,(H,33,39)(H,34,40)(H,35,41)(H,36,42)(H,37,38)/t20-,24-,25-/m0/s1. The molecule has 0 saturated heterocycles. The first-order chi connectivity index (χ1) is 20.4. The average Bonchev–Trinajstić information content (AvgIpc) is 2.90. The van der Waals surface area contributed by atoms with Gasteiger partial charge in [-0.15, -0.1) is 0 Å². The normalized spacial score (nSPS) is 13.4. The van der Waals surface area contributed by atoms with E-state index in [9.17, 15) is 24.0 Å². The highest BCUT2D eigenvalue weighted by Gasteiger charge is 2.30. The van der Waals surface area contributed by atoms with Crippen LogP contribution >= 0.6 is 0 Å². The fourth-order valence-electron chi connectivity index (χ4n) is 3.97. The first kappa shape index (κ1) is 35.6. The van der Waals surface area contributed by atoms with E-state index in [2.05, 4.69) is 21.3 Å². The lowest BCUT2D eigenvalue weighted by Crippen LogP contribution is -2.57. The molecule has 0 fully saturated rings. The number of benzene rings is 2. The summed E-state index contributed by atoms with van der Waals surface area (Å²) >= 11 is 0. The predicted octanol–water partition coefficient (Wildman–Crippen LogP) is 2.73. The summed E-state index contributed by atoms with van der Waals surface area (Å²) in [5.41, 5.74) is 0.238. The van der Waals surface area contributed by atoms with Gasteiger partial charge in [-0.25, -0.2) is 4.79 Å². The fourth-order valence-corrected chi connectivity index (χ4v) is 3.97. The molecule has 0 unspecified atom stereocenters. The second-order valence-electron chi connectivity index (χ2n) is 12.4. The summed E-state index contributed by atoms with van der Waals surface area (Å²) in [5.74, 6) is -2.64. The number of carbonyl (C=O) groups is 5. The van der Waals surface area contributed by atoms with Crippen LogP contribution in [0.3, 0.4) is 0 Å². The highest BCUT2D eigenvalue weighted by molar-refractivity contribution is 5.94. The Hall–Kier alpha value is -4.61. The Labute approximate surface area is 258 Å². The van der Waals surface area contributed by atoms with Crippen LogP contribution in [0, 0.1) is 0 Å². The zero-order valence-corrected chi connectivity index (χ0v) is 26.4. The maximum Gasteiger partial charge on any atom is 0.408 e. The molecule has 0 aliphatic heterocycles. The van der Waals surface area contributed by atoms with Gasteiger partial charge in [-0.2, -0.15) is 0 Å². The molecule has 2 aromatic rings. The van der Waals surface area contributed by atoms with Gasteiger partial charge in [-0.05, 0) is 71.7 Å². The van der Waals surface area contributed by atoms with E-state index in [-0.39, 0.29) is 12.8 Å². The van der Waals surface area contributed by atoms with Gasteiger partial charge >= 0.3 is 12.1 Å². The molecule has 44 heavy (non-hydrogen) atoms. The number of ether oxygens (including phenoxy) is 2. The lowest BCUT2D eigenvalue weighted by Gasteiger charge is -2.26. The molecule has 0 aliphatic carbocycles. The van der Waals surface area contributed by atoms with Gasteiger partial charge in [-0.1, -0.05) is 42.5 Å². The van der Waals surface area contributed by atoms with Gasteiger partial charge in [0.05, 0.1) is 0 Å². The zero-order valence-electron chi connectivity index (χ0n) is 26.4. The molecule has 12 heteroatoms. The first-order valence-electron chi connectivity index (χ1n) is 14.3. The minimum absolute atomic E-state index is 0.0430. The van der Waals surface area contributed by atoms with Crippen LogP contribution in [0.1, 0.15) is 59.6 Å². The largest absolute Gasteiger partial charge is 0.488 e. The number of aliphatic carboxylic acids is 1. The smallest absolute Gasteiger partial charge is 0.408 e. The average molecular weight is 613 g/mol. The summed E-state index contributed by atoms with van der Waals surface area (Å²) in [6.45, 7) is 11.6. The molecule has 3 atom stereocenters. The lowest BCUT2D eigenvalue weighted by atomic mass is 10.0. The Kier molecular flexibility index (Phi) is 12.7. The summed E-state index contributed by atoms with van der Waals surface area (Å²) in [6, 6.07) is 12.7. The second kappa shape index (κ2) is 15.7. The Balaban J connectivity index is 2.31. The lowest BCUT2D eigenvalue weighted by molar-refractivity contribution is -0.138. The van der Waals surface area contributed by atoms with Crippen LogP contribution in [0.5, 0.6) is 5.75 Å².